The topological polar surface area (TPSA) is 56.8 Å². The second kappa shape index (κ2) is 8.25. The van der Waals surface area contributed by atoms with E-state index in [0.29, 0.717) is 27.3 Å². The summed E-state index contributed by atoms with van der Waals surface area (Å²) < 4.78 is 16.9. The average molecular weight is 387 g/mol. The fourth-order valence-electron chi connectivity index (χ4n) is 2.35. The van der Waals surface area contributed by atoms with Crippen molar-refractivity contribution in [1.29, 1.82) is 0 Å². The SMILES string of the molecule is COc1ccc(COc2ccc(/C=C3/SC(=S)NC3=O)cc2OC)cc1. The number of nitrogens with one attached hydrogen (secondary N) is 1. The van der Waals surface area contributed by atoms with Gasteiger partial charge in [-0.25, -0.2) is 0 Å². The van der Waals surface area contributed by atoms with Gasteiger partial charge in [0.25, 0.3) is 5.91 Å². The summed E-state index contributed by atoms with van der Waals surface area (Å²) in [5.41, 5.74) is 1.85. The van der Waals surface area contributed by atoms with Crippen LogP contribution in [0.1, 0.15) is 11.1 Å². The predicted molar refractivity (Wildman–Crippen MR) is 107 cm³/mol. The molecule has 1 aliphatic heterocycles. The van der Waals surface area contributed by atoms with Gasteiger partial charge in [0.05, 0.1) is 19.1 Å². The van der Waals surface area contributed by atoms with Crippen LogP contribution in [-0.2, 0) is 11.4 Å². The van der Waals surface area contributed by atoms with E-state index in [-0.39, 0.29) is 5.91 Å². The highest BCUT2D eigenvalue weighted by molar-refractivity contribution is 8.26. The van der Waals surface area contributed by atoms with Gasteiger partial charge in [-0.1, -0.05) is 42.2 Å². The van der Waals surface area contributed by atoms with Crippen LogP contribution >= 0.6 is 24.0 Å². The Morgan fingerprint density at radius 3 is 2.46 bits per heavy atom. The Morgan fingerprint density at radius 1 is 1.08 bits per heavy atom. The van der Waals surface area contributed by atoms with E-state index in [4.69, 9.17) is 26.4 Å². The van der Waals surface area contributed by atoms with Crippen LogP contribution in [0.15, 0.2) is 47.4 Å². The third-order valence-corrected chi connectivity index (χ3v) is 4.84. The van der Waals surface area contributed by atoms with Crippen molar-refractivity contribution in [2.24, 2.45) is 0 Å². The summed E-state index contributed by atoms with van der Waals surface area (Å²) in [6.07, 6.45) is 1.77. The van der Waals surface area contributed by atoms with E-state index in [1.54, 1.807) is 20.3 Å². The molecule has 0 spiro atoms. The van der Waals surface area contributed by atoms with Gasteiger partial charge in [0.15, 0.2) is 11.5 Å². The van der Waals surface area contributed by atoms with E-state index < -0.39 is 0 Å². The minimum absolute atomic E-state index is 0.182. The lowest BCUT2D eigenvalue weighted by molar-refractivity contribution is -0.115. The number of thioether (sulfide) groups is 1. The number of benzene rings is 2. The van der Waals surface area contributed by atoms with Crippen molar-refractivity contribution in [3.63, 3.8) is 0 Å². The molecule has 1 saturated heterocycles. The standard InChI is InChI=1S/C19H17NO4S2/c1-22-14-6-3-12(4-7-14)11-24-15-8-5-13(9-16(15)23-2)10-17-18(21)20-19(25)26-17/h3-10H,11H2,1-2H3,(H,20,21,25)/b17-10+. The molecule has 1 amide bonds. The van der Waals surface area contributed by atoms with Crippen molar-refractivity contribution in [1.82, 2.24) is 5.32 Å². The zero-order valence-electron chi connectivity index (χ0n) is 14.3. The summed E-state index contributed by atoms with van der Waals surface area (Å²) in [7, 11) is 3.22. The minimum atomic E-state index is -0.182. The molecule has 2 aromatic carbocycles. The molecule has 7 heteroatoms. The molecular formula is C19H17NO4S2. The number of hydrogen-bond acceptors (Lipinski definition) is 6. The van der Waals surface area contributed by atoms with Crippen LogP contribution < -0.4 is 19.5 Å². The number of methoxy groups -OCH3 is 2. The summed E-state index contributed by atoms with van der Waals surface area (Å²) in [5, 5.41) is 2.60. The van der Waals surface area contributed by atoms with Crippen molar-refractivity contribution >= 4 is 40.3 Å². The first-order valence-corrected chi connectivity index (χ1v) is 9.00. The summed E-state index contributed by atoms with van der Waals surface area (Å²) in [6, 6.07) is 13.2. The fraction of sp³-hybridized carbons (Fsp3) is 0.158. The maximum Gasteiger partial charge on any atom is 0.263 e. The molecule has 0 unspecified atom stereocenters. The molecule has 5 nitrogen and oxygen atoms in total. The normalized spacial score (nSPS) is 15.1. The molecule has 1 fully saturated rings. The highest BCUT2D eigenvalue weighted by atomic mass is 32.2. The van der Waals surface area contributed by atoms with E-state index in [0.717, 1.165) is 16.9 Å². The molecule has 2 aromatic rings. The maximum atomic E-state index is 11.8. The summed E-state index contributed by atoms with van der Waals surface area (Å²) in [5.74, 6) is 1.85. The van der Waals surface area contributed by atoms with Gasteiger partial charge < -0.3 is 19.5 Å². The molecule has 0 saturated carbocycles. The predicted octanol–water partition coefficient (Wildman–Crippen LogP) is 3.77. The summed E-state index contributed by atoms with van der Waals surface area (Å²) >= 11 is 6.24. The lowest BCUT2D eigenvalue weighted by atomic mass is 10.2. The molecule has 1 aliphatic rings. The largest absolute Gasteiger partial charge is 0.497 e. The molecule has 1 N–H and O–H groups in total. The molecular weight excluding hydrogens is 370 g/mol. The molecule has 0 atom stereocenters. The van der Waals surface area contributed by atoms with E-state index in [1.807, 2.05) is 42.5 Å². The second-order valence-electron chi connectivity index (χ2n) is 5.40. The van der Waals surface area contributed by atoms with E-state index >= 15 is 0 Å². The number of carbonyl (C=O) groups is 1. The highest BCUT2D eigenvalue weighted by Gasteiger charge is 2.22. The van der Waals surface area contributed by atoms with Crippen molar-refractivity contribution in [2.45, 2.75) is 6.61 Å². The van der Waals surface area contributed by atoms with Crippen molar-refractivity contribution in [2.75, 3.05) is 14.2 Å². The van der Waals surface area contributed by atoms with Crippen LogP contribution in [0.5, 0.6) is 17.2 Å². The number of thiocarbonyl (C=S) groups is 1. The van der Waals surface area contributed by atoms with Crippen LogP contribution in [0.2, 0.25) is 0 Å². The number of amides is 1. The Hall–Kier alpha value is -2.51. The first-order valence-electron chi connectivity index (χ1n) is 7.77. The molecule has 3 rings (SSSR count). The molecule has 0 aliphatic carbocycles. The lowest BCUT2D eigenvalue weighted by Gasteiger charge is -2.12. The van der Waals surface area contributed by atoms with Crippen molar-refractivity contribution in [3.05, 3.63) is 58.5 Å². The highest BCUT2D eigenvalue weighted by Crippen LogP contribution is 2.32. The smallest absolute Gasteiger partial charge is 0.263 e. The maximum absolute atomic E-state index is 11.8. The van der Waals surface area contributed by atoms with Crippen LogP contribution in [0, 0.1) is 0 Å². The number of hydrogen-bond donors (Lipinski definition) is 1. The zero-order chi connectivity index (χ0) is 18.5. The number of carbonyl (C=O) groups excluding carboxylic acids is 1. The van der Waals surface area contributed by atoms with E-state index in [1.165, 1.54) is 11.8 Å². The van der Waals surface area contributed by atoms with Crippen LogP contribution in [0.25, 0.3) is 6.08 Å². The van der Waals surface area contributed by atoms with Crippen molar-refractivity contribution < 1.29 is 19.0 Å². The molecule has 0 bridgehead atoms. The Bertz CT molecular complexity index is 862. The zero-order valence-corrected chi connectivity index (χ0v) is 15.9. The molecule has 0 aromatic heterocycles. The lowest BCUT2D eigenvalue weighted by Crippen LogP contribution is -2.17. The first kappa shape index (κ1) is 18.3. The number of rotatable bonds is 6. The Labute approximate surface area is 161 Å². The number of ether oxygens (including phenoxy) is 3. The van der Waals surface area contributed by atoms with Gasteiger partial charge >= 0.3 is 0 Å². The molecule has 134 valence electrons. The van der Waals surface area contributed by atoms with Crippen molar-refractivity contribution in [3.8, 4) is 17.2 Å². The van der Waals surface area contributed by atoms with Gasteiger partial charge in [0.1, 0.15) is 16.7 Å². The quantitative estimate of drug-likeness (QED) is 0.601. The van der Waals surface area contributed by atoms with E-state index in [9.17, 15) is 4.79 Å². The minimum Gasteiger partial charge on any atom is -0.497 e. The summed E-state index contributed by atoms with van der Waals surface area (Å²) in [6.45, 7) is 0.410. The Balaban J connectivity index is 1.73. The molecule has 26 heavy (non-hydrogen) atoms. The monoisotopic (exact) mass is 387 g/mol. The fourth-order valence-corrected chi connectivity index (χ4v) is 3.39. The van der Waals surface area contributed by atoms with Gasteiger partial charge in [-0.15, -0.1) is 0 Å². The van der Waals surface area contributed by atoms with Crippen LogP contribution in [0.4, 0.5) is 0 Å². The Kier molecular flexibility index (Phi) is 5.80. The third-order valence-electron chi connectivity index (χ3n) is 3.68. The third kappa shape index (κ3) is 4.36. The van der Waals surface area contributed by atoms with Crippen LogP contribution in [0.3, 0.4) is 0 Å². The molecule has 0 radical (unpaired) electrons. The second-order valence-corrected chi connectivity index (χ2v) is 7.12. The van der Waals surface area contributed by atoms with Gasteiger partial charge in [0.2, 0.25) is 0 Å². The first-order chi connectivity index (χ1) is 12.6. The van der Waals surface area contributed by atoms with Crippen LogP contribution in [-0.4, -0.2) is 24.4 Å². The van der Waals surface area contributed by atoms with Gasteiger partial charge in [-0.05, 0) is 41.5 Å². The van der Waals surface area contributed by atoms with E-state index in [2.05, 4.69) is 5.32 Å². The Morgan fingerprint density at radius 2 is 1.85 bits per heavy atom. The average Bonchev–Trinajstić information content (AvgIpc) is 2.97. The van der Waals surface area contributed by atoms with Gasteiger partial charge in [-0.3, -0.25) is 4.79 Å². The summed E-state index contributed by atoms with van der Waals surface area (Å²) in [4.78, 5) is 12.3. The molecule has 1 heterocycles. The van der Waals surface area contributed by atoms with Gasteiger partial charge in [0, 0.05) is 0 Å². The van der Waals surface area contributed by atoms with Gasteiger partial charge in [-0.2, -0.15) is 0 Å².